The molecular formula is C15H24FN3O4S2. The van der Waals surface area contributed by atoms with Gasteiger partial charge in [-0.05, 0) is 51.9 Å². The van der Waals surface area contributed by atoms with Crippen molar-refractivity contribution in [2.75, 3.05) is 24.9 Å². The van der Waals surface area contributed by atoms with Crippen molar-refractivity contribution in [2.45, 2.75) is 42.9 Å². The second kappa shape index (κ2) is 7.56. The first kappa shape index (κ1) is 20.1. The van der Waals surface area contributed by atoms with E-state index in [0.717, 1.165) is 25.0 Å². The zero-order valence-electron chi connectivity index (χ0n) is 14.5. The van der Waals surface area contributed by atoms with Gasteiger partial charge in [0.2, 0.25) is 20.0 Å². The largest absolute Gasteiger partial charge is 0.318 e. The third kappa shape index (κ3) is 4.30. The van der Waals surface area contributed by atoms with Gasteiger partial charge in [0.05, 0.1) is 15.8 Å². The first-order valence-corrected chi connectivity index (χ1v) is 11.1. The maximum atomic E-state index is 14.3. The highest BCUT2D eigenvalue weighted by Gasteiger charge is 2.35. The third-order valence-electron chi connectivity index (χ3n) is 4.18. The summed E-state index contributed by atoms with van der Waals surface area (Å²) in [5, 5.41) is 2.23. The zero-order valence-corrected chi connectivity index (χ0v) is 16.1. The van der Waals surface area contributed by atoms with E-state index in [1.165, 1.54) is 24.2 Å². The van der Waals surface area contributed by atoms with Gasteiger partial charge >= 0.3 is 0 Å². The highest BCUT2D eigenvalue weighted by Crippen LogP contribution is 2.28. The van der Waals surface area contributed by atoms with E-state index in [1.807, 2.05) is 0 Å². The Labute approximate surface area is 148 Å². The van der Waals surface area contributed by atoms with Crippen molar-refractivity contribution in [2.24, 2.45) is 0 Å². The highest BCUT2D eigenvalue weighted by atomic mass is 32.2. The molecule has 1 fully saturated rings. The molecule has 1 aliphatic heterocycles. The summed E-state index contributed by atoms with van der Waals surface area (Å²) in [6, 6.07) is 3.07. The highest BCUT2D eigenvalue weighted by molar-refractivity contribution is 7.93. The fourth-order valence-electron chi connectivity index (χ4n) is 2.71. The number of halogens is 1. The minimum absolute atomic E-state index is 0.169. The summed E-state index contributed by atoms with van der Waals surface area (Å²) in [6.07, 6.45) is 1.50. The fraction of sp³-hybridized carbons (Fsp3) is 0.600. The minimum atomic E-state index is -3.83. The maximum Gasteiger partial charge on any atom is 0.243 e. The molecule has 0 bridgehead atoms. The van der Waals surface area contributed by atoms with Crippen LogP contribution in [0.25, 0.3) is 0 Å². The van der Waals surface area contributed by atoms with Crippen LogP contribution < -0.4 is 10.0 Å². The second-order valence-electron chi connectivity index (χ2n) is 6.31. The van der Waals surface area contributed by atoms with Gasteiger partial charge in [0.15, 0.2) is 0 Å². The molecule has 0 radical (unpaired) electrons. The Morgan fingerprint density at radius 1 is 1.28 bits per heavy atom. The molecule has 25 heavy (non-hydrogen) atoms. The minimum Gasteiger partial charge on any atom is -0.318 e. The Hall–Kier alpha value is -1.23. The normalized spacial score (nSPS) is 19.5. The number of rotatable bonds is 7. The molecule has 0 spiro atoms. The van der Waals surface area contributed by atoms with E-state index >= 15 is 0 Å². The van der Waals surface area contributed by atoms with Gasteiger partial charge in [-0.15, -0.1) is 0 Å². The van der Waals surface area contributed by atoms with Gasteiger partial charge in [-0.2, -0.15) is 4.31 Å². The van der Waals surface area contributed by atoms with E-state index in [0.29, 0.717) is 13.1 Å². The van der Waals surface area contributed by atoms with Crippen LogP contribution in [0.1, 0.15) is 26.7 Å². The van der Waals surface area contributed by atoms with Crippen molar-refractivity contribution in [3.05, 3.63) is 24.0 Å². The molecule has 142 valence electrons. The molecule has 1 heterocycles. The third-order valence-corrected chi connectivity index (χ3v) is 7.88. The molecule has 0 amide bonds. The fourth-order valence-corrected chi connectivity index (χ4v) is 5.12. The summed E-state index contributed by atoms with van der Waals surface area (Å²) in [4.78, 5) is -0.180. The van der Waals surface area contributed by atoms with Crippen LogP contribution in [-0.2, 0) is 20.0 Å². The Kier molecular flexibility index (Phi) is 6.08. The van der Waals surface area contributed by atoms with Gasteiger partial charge in [-0.25, -0.2) is 21.2 Å². The van der Waals surface area contributed by atoms with E-state index < -0.39 is 31.1 Å². The van der Waals surface area contributed by atoms with Crippen LogP contribution >= 0.6 is 0 Å². The molecule has 2 N–H and O–H groups in total. The van der Waals surface area contributed by atoms with Crippen molar-refractivity contribution in [1.82, 2.24) is 9.62 Å². The Morgan fingerprint density at radius 3 is 2.52 bits per heavy atom. The molecule has 1 aromatic carbocycles. The van der Waals surface area contributed by atoms with E-state index in [-0.39, 0.29) is 16.6 Å². The molecule has 1 atom stereocenters. The summed E-state index contributed by atoms with van der Waals surface area (Å²) >= 11 is 0. The van der Waals surface area contributed by atoms with E-state index in [4.69, 9.17) is 0 Å². The second-order valence-corrected chi connectivity index (χ2v) is 10.4. The quantitative estimate of drug-likeness (QED) is 0.729. The average molecular weight is 394 g/mol. The molecule has 7 nitrogen and oxygen atoms in total. The Balaban J connectivity index is 2.30. The zero-order chi connectivity index (χ0) is 18.8. The number of nitrogens with zero attached hydrogens (tertiary/aromatic N) is 1. The van der Waals surface area contributed by atoms with Crippen LogP contribution in [0.4, 0.5) is 10.1 Å². The summed E-state index contributed by atoms with van der Waals surface area (Å²) < 4.78 is 67.0. The molecular weight excluding hydrogens is 369 g/mol. The lowest BCUT2D eigenvalue weighted by Gasteiger charge is -2.24. The smallest absolute Gasteiger partial charge is 0.243 e. The Morgan fingerprint density at radius 2 is 1.96 bits per heavy atom. The van der Waals surface area contributed by atoms with Gasteiger partial charge in [-0.1, -0.05) is 0 Å². The van der Waals surface area contributed by atoms with E-state index in [2.05, 4.69) is 10.0 Å². The van der Waals surface area contributed by atoms with E-state index in [9.17, 15) is 21.2 Å². The summed E-state index contributed by atoms with van der Waals surface area (Å²) in [6.45, 7) is 3.84. The van der Waals surface area contributed by atoms with Crippen LogP contribution in [0.3, 0.4) is 0 Å². The molecule has 1 saturated heterocycles. The molecule has 1 aromatic rings. The van der Waals surface area contributed by atoms with E-state index in [1.54, 1.807) is 7.05 Å². The van der Waals surface area contributed by atoms with Crippen LogP contribution in [0, 0.1) is 5.82 Å². The maximum absolute atomic E-state index is 14.3. The summed E-state index contributed by atoms with van der Waals surface area (Å²) in [5.74, 6) is -0.922. The van der Waals surface area contributed by atoms with Crippen molar-refractivity contribution < 1.29 is 21.2 Å². The number of benzene rings is 1. The SMILES string of the molecule is CNCC1CCCN1S(=O)(=O)c1ccc(NS(=O)(=O)C(C)C)c(F)c1. The molecule has 0 aliphatic carbocycles. The van der Waals surface area contributed by atoms with Gasteiger partial charge in [0.25, 0.3) is 0 Å². The van der Waals surface area contributed by atoms with Gasteiger partial charge in [-0.3, -0.25) is 4.72 Å². The lowest BCUT2D eigenvalue weighted by molar-refractivity contribution is 0.379. The van der Waals surface area contributed by atoms with Gasteiger partial charge in [0, 0.05) is 19.1 Å². The van der Waals surface area contributed by atoms with Gasteiger partial charge in [0.1, 0.15) is 5.82 Å². The van der Waals surface area contributed by atoms with Crippen molar-refractivity contribution in [3.8, 4) is 0 Å². The van der Waals surface area contributed by atoms with Crippen LogP contribution in [-0.4, -0.2) is 52.6 Å². The van der Waals surface area contributed by atoms with Crippen LogP contribution in [0.5, 0.6) is 0 Å². The van der Waals surface area contributed by atoms with Crippen molar-refractivity contribution in [3.63, 3.8) is 0 Å². The number of likely N-dealkylation sites (N-methyl/N-ethyl adjacent to an activating group) is 1. The monoisotopic (exact) mass is 393 g/mol. The first-order valence-electron chi connectivity index (χ1n) is 8.07. The number of sulfonamides is 2. The molecule has 1 unspecified atom stereocenters. The number of nitrogens with one attached hydrogen (secondary N) is 2. The van der Waals surface area contributed by atoms with Gasteiger partial charge < -0.3 is 5.32 Å². The summed E-state index contributed by atoms with van der Waals surface area (Å²) in [5.41, 5.74) is -0.263. The van der Waals surface area contributed by atoms with Crippen LogP contribution in [0.15, 0.2) is 23.1 Å². The average Bonchev–Trinajstić information content (AvgIpc) is 2.98. The molecule has 1 aliphatic rings. The lowest BCUT2D eigenvalue weighted by atomic mass is 10.2. The molecule has 0 saturated carbocycles. The van der Waals surface area contributed by atoms with Crippen molar-refractivity contribution >= 4 is 25.7 Å². The predicted molar refractivity (Wildman–Crippen MR) is 94.9 cm³/mol. The standard InChI is InChI=1S/C15H24FN3O4S2/c1-11(2)24(20,21)18-15-7-6-13(9-14(15)16)25(22,23)19-8-4-5-12(19)10-17-3/h6-7,9,11-12,17-18H,4-5,8,10H2,1-3H3. The molecule has 0 aromatic heterocycles. The number of hydrogen-bond donors (Lipinski definition) is 2. The topological polar surface area (TPSA) is 95.6 Å². The van der Waals surface area contributed by atoms with Crippen LogP contribution in [0.2, 0.25) is 0 Å². The molecule has 2 rings (SSSR count). The number of anilines is 1. The molecule has 10 heteroatoms. The first-order chi connectivity index (χ1) is 11.6. The number of hydrogen-bond acceptors (Lipinski definition) is 5. The lowest BCUT2D eigenvalue weighted by Crippen LogP contribution is -2.40. The summed E-state index contributed by atoms with van der Waals surface area (Å²) in [7, 11) is -5.80. The Bertz CT molecular complexity index is 825. The predicted octanol–water partition coefficient (Wildman–Crippen LogP) is 1.35. The van der Waals surface area contributed by atoms with Crippen molar-refractivity contribution in [1.29, 1.82) is 0 Å².